The van der Waals surface area contributed by atoms with Gasteiger partial charge in [0.05, 0.1) is 22.6 Å². The number of nitrogens with zero attached hydrogens (tertiary/aromatic N) is 2. The van der Waals surface area contributed by atoms with Crippen LogP contribution in [0.15, 0.2) is 66.7 Å². The van der Waals surface area contributed by atoms with E-state index >= 15 is 0 Å². The maximum atomic E-state index is 6.38. The number of halogens is 3. The second-order valence-electron chi connectivity index (χ2n) is 6.02. The van der Waals surface area contributed by atoms with Crippen molar-refractivity contribution in [2.24, 2.45) is 0 Å². The number of para-hydroxylation sites is 3. The zero-order valence-electron chi connectivity index (χ0n) is 14.2. The number of aromatic nitrogens is 2. The number of fused-ring (bicyclic) bond motifs is 1. The number of ether oxygens (including phenoxy) is 1. The van der Waals surface area contributed by atoms with E-state index in [2.05, 4.69) is 4.57 Å². The average molecular weight is 418 g/mol. The van der Waals surface area contributed by atoms with E-state index in [1.54, 1.807) is 6.07 Å². The summed E-state index contributed by atoms with van der Waals surface area (Å²) < 4.78 is 7.98. The van der Waals surface area contributed by atoms with E-state index in [1.165, 1.54) is 0 Å². The fraction of sp³-hybridized carbons (Fsp3) is 0.0952. The van der Waals surface area contributed by atoms with Gasteiger partial charge in [0, 0.05) is 15.6 Å². The predicted molar refractivity (Wildman–Crippen MR) is 111 cm³/mol. The summed E-state index contributed by atoms with van der Waals surface area (Å²) in [5.41, 5.74) is 2.73. The third-order valence-electron chi connectivity index (χ3n) is 4.30. The molecule has 3 nitrogen and oxygen atoms in total. The standard InChI is InChI=1S/C21H15Cl3N2O/c22-15-7-5-8-16(23)14(15)12-26-19-10-3-2-9-18(19)25-21(26)13-27-20-11-4-1-6-17(20)24/h1-11H,12-13H2. The average Bonchev–Trinajstić information content (AvgIpc) is 3.02. The molecule has 0 saturated carbocycles. The van der Waals surface area contributed by atoms with Gasteiger partial charge in [0.15, 0.2) is 0 Å². The van der Waals surface area contributed by atoms with E-state index in [0.29, 0.717) is 27.4 Å². The molecule has 1 aromatic heterocycles. The Morgan fingerprint density at radius 2 is 1.44 bits per heavy atom. The van der Waals surface area contributed by atoms with Crippen LogP contribution in [-0.2, 0) is 13.2 Å². The molecular formula is C21H15Cl3N2O. The van der Waals surface area contributed by atoms with Gasteiger partial charge in [0.2, 0.25) is 0 Å². The highest BCUT2D eigenvalue weighted by molar-refractivity contribution is 6.36. The first-order valence-corrected chi connectivity index (χ1v) is 9.51. The van der Waals surface area contributed by atoms with Crippen molar-refractivity contribution in [3.63, 3.8) is 0 Å². The first-order chi connectivity index (χ1) is 13.1. The third-order valence-corrected chi connectivity index (χ3v) is 5.33. The van der Waals surface area contributed by atoms with Crippen LogP contribution in [0.1, 0.15) is 11.4 Å². The lowest BCUT2D eigenvalue weighted by molar-refractivity contribution is 0.291. The summed E-state index contributed by atoms with van der Waals surface area (Å²) in [6.45, 7) is 0.778. The van der Waals surface area contributed by atoms with Gasteiger partial charge in [0.25, 0.3) is 0 Å². The Morgan fingerprint density at radius 1 is 0.778 bits per heavy atom. The molecule has 0 aliphatic carbocycles. The molecule has 3 aromatic carbocycles. The number of hydrogen-bond donors (Lipinski definition) is 0. The van der Waals surface area contributed by atoms with E-state index in [0.717, 1.165) is 22.4 Å². The zero-order valence-corrected chi connectivity index (χ0v) is 16.5. The van der Waals surface area contributed by atoms with Crippen molar-refractivity contribution in [1.82, 2.24) is 9.55 Å². The molecule has 0 fully saturated rings. The minimum Gasteiger partial charge on any atom is -0.484 e. The number of hydrogen-bond acceptors (Lipinski definition) is 2. The van der Waals surface area contributed by atoms with Crippen LogP contribution in [-0.4, -0.2) is 9.55 Å². The predicted octanol–water partition coefficient (Wildman–Crippen LogP) is 6.62. The molecule has 0 atom stereocenters. The van der Waals surface area contributed by atoms with Gasteiger partial charge in [-0.3, -0.25) is 0 Å². The van der Waals surface area contributed by atoms with Gasteiger partial charge < -0.3 is 9.30 Å². The summed E-state index contributed by atoms with van der Waals surface area (Å²) in [7, 11) is 0. The molecule has 6 heteroatoms. The largest absolute Gasteiger partial charge is 0.484 e. The molecule has 0 spiro atoms. The molecule has 0 aliphatic heterocycles. The molecule has 0 radical (unpaired) electrons. The first-order valence-electron chi connectivity index (χ1n) is 8.38. The van der Waals surface area contributed by atoms with E-state index in [-0.39, 0.29) is 6.61 Å². The number of imidazole rings is 1. The van der Waals surface area contributed by atoms with Gasteiger partial charge in [0.1, 0.15) is 18.2 Å². The van der Waals surface area contributed by atoms with Crippen molar-refractivity contribution in [3.8, 4) is 5.75 Å². The quantitative estimate of drug-likeness (QED) is 0.364. The Kier molecular flexibility index (Phi) is 5.26. The molecule has 0 N–H and O–H groups in total. The second kappa shape index (κ2) is 7.81. The summed E-state index contributed by atoms with van der Waals surface area (Å²) in [6, 6.07) is 20.8. The van der Waals surface area contributed by atoms with Crippen molar-refractivity contribution in [3.05, 3.63) is 93.2 Å². The van der Waals surface area contributed by atoms with Crippen LogP contribution in [0, 0.1) is 0 Å². The highest BCUT2D eigenvalue weighted by atomic mass is 35.5. The molecule has 0 bridgehead atoms. The van der Waals surface area contributed by atoms with Gasteiger partial charge >= 0.3 is 0 Å². The van der Waals surface area contributed by atoms with E-state index in [9.17, 15) is 0 Å². The minimum absolute atomic E-state index is 0.278. The summed E-state index contributed by atoms with van der Waals surface area (Å²) in [6.07, 6.45) is 0. The molecule has 1 heterocycles. The zero-order chi connectivity index (χ0) is 18.8. The third kappa shape index (κ3) is 3.77. The molecule has 136 valence electrons. The van der Waals surface area contributed by atoms with Crippen LogP contribution in [0.5, 0.6) is 5.75 Å². The number of benzene rings is 3. The van der Waals surface area contributed by atoms with Gasteiger partial charge in [-0.25, -0.2) is 4.98 Å². The smallest absolute Gasteiger partial charge is 0.148 e. The lowest BCUT2D eigenvalue weighted by Crippen LogP contribution is -2.09. The summed E-state index contributed by atoms with van der Waals surface area (Å²) in [4.78, 5) is 4.72. The molecule has 4 aromatic rings. The maximum Gasteiger partial charge on any atom is 0.148 e. The highest BCUT2D eigenvalue weighted by Gasteiger charge is 2.15. The summed E-state index contributed by atoms with van der Waals surface area (Å²) >= 11 is 18.9. The van der Waals surface area contributed by atoms with Gasteiger partial charge in [-0.15, -0.1) is 0 Å². The van der Waals surface area contributed by atoms with Crippen LogP contribution in [0.2, 0.25) is 15.1 Å². The fourth-order valence-electron chi connectivity index (χ4n) is 2.96. The SMILES string of the molecule is Clc1ccccc1OCc1nc2ccccc2n1Cc1c(Cl)cccc1Cl. The Balaban J connectivity index is 1.72. The maximum absolute atomic E-state index is 6.38. The van der Waals surface area contributed by atoms with Crippen LogP contribution in [0.25, 0.3) is 11.0 Å². The topological polar surface area (TPSA) is 27.1 Å². The van der Waals surface area contributed by atoms with Gasteiger partial charge in [-0.1, -0.05) is 65.1 Å². The van der Waals surface area contributed by atoms with Crippen LogP contribution in [0.4, 0.5) is 0 Å². The van der Waals surface area contributed by atoms with E-state index in [4.69, 9.17) is 44.5 Å². The summed E-state index contributed by atoms with van der Waals surface area (Å²) in [5, 5.41) is 1.81. The van der Waals surface area contributed by atoms with Crippen LogP contribution < -0.4 is 4.74 Å². The lowest BCUT2D eigenvalue weighted by Gasteiger charge is -2.13. The lowest BCUT2D eigenvalue weighted by atomic mass is 10.2. The second-order valence-corrected chi connectivity index (χ2v) is 7.24. The Labute approximate surface area is 172 Å². The first kappa shape index (κ1) is 18.2. The van der Waals surface area contributed by atoms with Crippen LogP contribution in [0.3, 0.4) is 0 Å². The van der Waals surface area contributed by atoms with E-state index < -0.39 is 0 Å². The van der Waals surface area contributed by atoms with Crippen LogP contribution >= 0.6 is 34.8 Å². The minimum atomic E-state index is 0.278. The van der Waals surface area contributed by atoms with E-state index in [1.807, 2.05) is 60.7 Å². The monoisotopic (exact) mass is 416 g/mol. The van der Waals surface area contributed by atoms with Crippen molar-refractivity contribution >= 4 is 45.8 Å². The highest BCUT2D eigenvalue weighted by Crippen LogP contribution is 2.29. The Hall–Kier alpha value is -2.20. The Morgan fingerprint density at radius 3 is 2.22 bits per heavy atom. The van der Waals surface area contributed by atoms with Crippen molar-refractivity contribution < 1.29 is 4.74 Å². The molecule has 0 aliphatic rings. The molecule has 0 amide bonds. The molecule has 0 saturated heterocycles. The fourth-order valence-corrected chi connectivity index (χ4v) is 3.66. The summed E-state index contributed by atoms with van der Waals surface area (Å²) in [5.74, 6) is 1.39. The normalized spacial score (nSPS) is 11.1. The van der Waals surface area contributed by atoms with Crippen molar-refractivity contribution in [2.45, 2.75) is 13.2 Å². The number of rotatable bonds is 5. The van der Waals surface area contributed by atoms with Gasteiger partial charge in [-0.05, 0) is 36.4 Å². The van der Waals surface area contributed by atoms with Crippen molar-refractivity contribution in [1.29, 1.82) is 0 Å². The molecule has 27 heavy (non-hydrogen) atoms. The molecule has 4 rings (SSSR count). The molecule has 0 unspecified atom stereocenters. The van der Waals surface area contributed by atoms with Crippen molar-refractivity contribution in [2.75, 3.05) is 0 Å². The molecular weight excluding hydrogens is 403 g/mol. The van der Waals surface area contributed by atoms with Gasteiger partial charge in [-0.2, -0.15) is 0 Å². The Bertz CT molecular complexity index is 1090.